The van der Waals surface area contributed by atoms with Crippen molar-refractivity contribution < 1.29 is 19.8 Å². The summed E-state index contributed by atoms with van der Waals surface area (Å²) in [6.45, 7) is 0.0425. The van der Waals surface area contributed by atoms with E-state index in [4.69, 9.17) is 5.11 Å². The summed E-state index contributed by atoms with van der Waals surface area (Å²) >= 11 is 0. The van der Waals surface area contributed by atoms with Crippen molar-refractivity contribution in [2.75, 3.05) is 6.54 Å². The number of hydrogen-bond acceptors (Lipinski definition) is 4. The van der Waals surface area contributed by atoms with Crippen molar-refractivity contribution in [1.29, 1.82) is 0 Å². The first-order chi connectivity index (χ1) is 10.1. The van der Waals surface area contributed by atoms with Crippen molar-refractivity contribution in [3.63, 3.8) is 0 Å². The molecule has 6 heteroatoms. The van der Waals surface area contributed by atoms with E-state index in [-0.39, 0.29) is 18.9 Å². The molecule has 1 aromatic heterocycles. The van der Waals surface area contributed by atoms with Gasteiger partial charge >= 0.3 is 5.97 Å². The lowest BCUT2D eigenvalue weighted by molar-refractivity contribution is -0.141. The number of carbonyl (C=O) groups is 2. The Morgan fingerprint density at radius 2 is 2.10 bits per heavy atom. The Kier molecular flexibility index (Phi) is 3.31. The van der Waals surface area contributed by atoms with Crippen LogP contribution in [0.2, 0.25) is 0 Å². The molecule has 0 saturated carbocycles. The monoisotopic (exact) mass is 286 g/mol. The van der Waals surface area contributed by atoms with Crippen LogP contribution in [-0.2, 0) is 4.79 Å². The molecule has 0 radical (unpaired) electrons. The Balaban J connectivity index is 1.94. The predicted octanol–water partition coefficient (Wildman–Crippen LogP) is 0.895. The molecule has 1 fully saturated rings. The van der Waals surface area contributed by atoms with Crippen LogP contribution in [-0.4, -0.2) is 50.7 Å². The van der Waals surface area contributed by atoms with Gasteiger partial charge < -0.3 is 15.1 Å². The summed E-state index contributed by atoms with van der Waals surface area (Å²) in [6.07, 6.45) is 0.939. The van der Waals surface area contributed by atoms with Crippen LogP contribution in [0.4, 0.5) is 0 Å². The van der Waals surface area contributed by atoms with Gasteiger partial charge in [-0.05, 0) is 24.3 Å². The molecule has 2 N–H and O–H groups in total. The lowest BCUT2D eigenvalue weighted by Crippen LogP contribution is -2.40. The van der Waals surface area contributed by atoms with E-state index in [1.54, 1.807) is 30.5 Å². The number of hydrogen-bond donors (Lipinski definition) is 2. The normalized spacial score (nSPS) is 21.7. The van der Waals surface area contributed by atoms with E-state index in [9.17, 15) is 14.7 Å². The zero-order valence-electron chi connectivity index (χ0n) is 11.1. The van der Waals surface area contributed by atoms with Gasteiger partial charge in [0.1, 0.15) is 6.04 Å². The van der Waals surface area contributed by atoms with Crippen molar-refractivity contribution in [2.45, 2.75) is 18.6 Å². The smallest absolute Gasteiger partial charge is 0.326 e. The number of β-amino-alcohol motifs (C(OH)–C–C–N with tert-alkyl or cyclic N) is 1. The van der Waals surface area contributed by atoms with Gasteiger partial charge in [0.05, 0.1) is 11.6 Å². The average Bonchev–Trinajstić information content (AvgIpc) is 2.88. The molecule has 2 heterocycles. The van der Waals surface area contributed by atoms with Gasteiger partial charge in [-0.25, -0.2) is 4.79 Å². The average molecular weight is 286 g/mol. The minimum absolute atomic E-state index is 0.0425. The molecular formula is C15H14N2O4. The van der Waals surface area contributed by atoms with Gasteiger partial charge in [0, 0.05) is 30.1 Å². The van der Waals surface area contributed by atoms with Gasteiger partial charge in [0.25, 0.3) is 5.91 Å². The van der Waals surface area contributed by atoms with E-state index in [1.807, 2.05) is 6.07 Å². The standard InChI is InChI=1S/C15H14N2O4/c18-11-7-13(15(20)21)17(8-11)14(19)10-3-4-12-9(6-10)2-1-5-16-12/h1-6,11,13,18H,7-8H2,(H,20,21)/t11-,13-/m0/s1. The number of pyridine rings is 1. The zero-order chi connectivity index (χ0) is 15.0. The Morgan fingerprint density at radius 3 is 2.86 bits per heavy atom. The zero-order valence-corrected chi connectivity index (χ0v) is 11.1. The largest absolute Gasteiger partial charge is 0.480 e. The van der Waals surface area contributed by atoms with Crippen LogP contribution in [0.15, 0.2) is 36.5 Å². The molecule has 1 aliphatic heterocycles. The number of fused-ring (bicyclic) bond motifs is 1. The number of rotatable bonds is 2. The third-order valence-corrected chi connectivity index (χ3v) is 3.67. The fourth-order valence-electron chi connectivity index (χ4n) is 2.65. The third-order valence-electron chi connectivity index (χ3n) is 3.67. The molecule has 0 spiro atoms. The van der Waals surface area contributed by atoms with Gasteiger partial charge in [-0.1, -0.05) is 6.07 Å². The summed E-state index contributed by atoms with van der Waals surface area (Å²) < 4.78 is 0. The molecule has 0 unspecified atom stereocenters. The molecule has 21 heavy (non-hydrogen) atoms. The second kappa shape index (κ2) is 5.14. The van der Waals surface area contributed by atoms with Gasteiger partial charge in [0.2, 0.25) is 0 Å². The highest BCUT2D eigenvalue weighted by atomic mass is 16.4. The van der Waals surface area contributed by atoms with Gasteiger partial charge in [0.15, 0.2) is 0 Å². The van der Waals surface area contributed by atoms with Crippen molar-refractivity contribution in [3.8, 4) is 0 Å². The molecular weight excluding hydrogens is 272 g/mol. The molecule has 108 valence electrons. The van der Waals surface area contributed by atoms with Crippen molar-refractivity contribution >= 4 is 22.8 Å². The summed E-state index contributed by atoms with van der Waals surface area (Å²) in [4.78, 5) is 29.1. The van der Waals surface area contributed by atoms with E-state index < -0.39 is 18.1 Å². The minimum Gasteiger partial charge on any atom is -0.480 e. The topological polar surface area (TPSA) is 90.7 Å². The Hall–Kier alpha value is -2.47. The molecule has 1 aromatic carbocycles. The number of likely N-dealkylation sites (tertiary alicyclic amines) is 1. The maximum atomic E-state index is 12.5. The second-order valence-electron chi connectivity index (χ2n) is 5.11. The first-order valence-corrected chi connectivity index (χ1v) is 6.63. The predicted molar refractivity (Wildman–Crippen MR) is 74.8 cm³/mol. The SMILES string of the molecule is O=C(O)[C@@H]1C[C@H](O)CN1C(=O)c1ccc2ncccc2c1. The number of carboxylic acids is 1. The van der Waals surface area contributed by atoms with E-state index in [0.717, 1.165) is 10.9 Å². The number of amides is 1. The highest BCUT2D eigenvalue weighted by Crippen LogP contribution is 2.22. The summed E-state index contributed by atoms with van der Waals surface area (Å²) in [5, 5.41) is 19.6. The molecule has 0 aliphatic carbocycles. The quantitative estimate of drug-likeness (QED) is 0.855. The number of benzene rings is 1. The van der Waals surface area contributed by atoms with Crippen molar-refractivity contribution in [1.82, 2.24) is 9.88 Å². The molecule has 1 aliphatic rings. The summed E-state index contributed by atoms with van der Waals surface area (Å²) in [5.74, 6) is -1.48. The van der Waals surface area contributed by atoms with Gasteiger partial charge in [-0.2, -0.15) is 0 Å². The minimum atomic E-state index is -1.10. The fourth-order valence-corrected chi connectivity index (χ4v) is 2.65. The van der Waals surface area contributed by atoms with E-state index in [0.29, 0.717) is 5.56 Å². The van der Waals surface area contributed by atoms with Crippen molar-refractivity contribution in [2.24, 2.45) is 0 Å². The molecule has 2 atom stereocenters. The van der Waals surface area contributed by atoms with Crippen LogP contribution in [0.5, 0.6) is 0 Å². The van der Waals surface area contributed by atoms with E-state index in [2.05, 4.69) is 4.98 Å². The Morgan fingerprint density at radius 1 is 1.29 bits per heavy atom. The molecule has 6 nitrogen and oxygen atoms in total. The Bertz CT molecular complexity index is 716. The molecule has 1 amide bonds. The van der Waals surface area contributed by atoms with Crippen LogP contribution in [0.3, 0.4) is 0 Å². The molecule has 0 bridgehead atoms. The summed E-state index contributed by atoms with van der Waals surface area (Å²) in [7, 11) is 0. The van der Waals surface area contributed by atoms with Crippen LogP contribution < -0.4 is 0 Å². The molecule has 1 saturated heterocycles. The highest BCUT2D eigenvalue weighted by molar-refractivity contribution is 5.99. The second-order valence-corrected chi connectivity index (χ2v) is 5.11. The number of nitrogens with zero attached hydrogens (tertiary/aromatic N) is 2. The molecule has 3 rings (SSSR count). The highest BCUT2D eigenvalue weighted by Gasteiger charge is 2.39. The van der Waals surface area contributed by atoms with Crippen LogP contribution in [0.25, 0.3) is 10.9 Å². The maximum Gasteiger partial charge on any atom is 0.326 e. The van der Waals surface area contributed by atoms with Gasteiger partial charge in [-0.3, -0.25) is 9.78 Å². The Labute approximate surface area is 120 Å². The fraction of sp³-hybridized carbons (Fsp3) is 0.267. The van der Waals surface area contributed by atoms with E-state index >= 15 is 0 Å². The number of carbonyl (C=O) groups excluding carboxylic acids is 1. The maximum absolute atomic E-state index is 12.5. The lowest BCUT2D eigenvalue weighted by atomic mass is 10.1. The van der Waals surface area contributed by atoms with Gasteiger partial charge in [-0.15, -0.1) is 0 Å². The number of aliphatic hydroxyl groups is 1. The summed E-state index contributed by atoms with van der Waals surface area (Å²) in [6, 6.07) is 7.68. The van der Waals surface area contributed by atoms with Crippen LogP contribution >= 0.6 is 0 Å². The van der Waals surface area contributed by atoms with Crippen molar-refractivity contribution in [3.05, 3.63) is 42.1 Å². The summed E-state index contributed by atoms with van der Waals surface area (Å²) in [5.41, 5.74) is 1.17. The van der Waals surface area contributed by atoms with E-state index in [1.165, 1.54) is 4.90 Å². The number of carboxylic acid groups (broad SMARTS) is 1. The van der Waals surface area contributed by atoms with Crippen LogP contribution in [0, 0.1) is 0 Å². The first-order valence-electron chi connectivity index (χ1n) is 6.63. The number of aliphatic hydroxyl groups excluding tert-OH is 1. The third kappa shape index (κ3) is 2.45. The number of aromatic nitrogens is 1. The lowest BCUT2D eigenvalue weighted by Gasteiger charge is -2.21. The number of aliphatic carboxylic acids is 1. The molecule has 2 aromatic rings. The van der Waals surface area contributed by atoms with Crippen LogP contribution in [0.1, 0.15) is 16.8 Å². The first kappa shape index (κ1) is 13.5.